The Labute approximate surface area is 180 Å². The van der Waals surface area contributed by atoms with E-state index in [1.54, 1.807) is 11.8 Å². The lowest BCUT2D eigenvalue weighted by Crippen LogP contribution is -2.53. The second-order valence-corrected chi connectivity index (χ2v) is 7.68. The number of carbonyl (C=O) groups excluding carboxylic acids is 3. The molecule has 0 fully saturated rings. The van der Waals surface area contributed by atoms with Crippen molar-refractivity contribution in [3.05, 3.63) is 71.8 Å². The van der Waals surface area contributed by atoms with Gasteiger partial charge in [0.15, 0.2) is 0 Å². The summed E-state index contributed by atoms with van der Waals surface area (Å²) in [5.74, 6) is -0.424. The maximum Gasteiger partial charge on any atom is 0.408 e. The number of hydrogen-bond acceptors (Lipinski definition) is 5. The molecule has 3 amide bonds. The quantitative estimate of drug-likeness (QED) is 0.507. The first-order valence-corrected chi connectivity index (χ1v) is 11.0. The standard InChI is InChI=1S/C22H27N3O4S/c1-30-13-12-18(20(23)26)24-21(27)19(14-16-8-4-2-5-9-16)25-22(28)29-15-17-10-6-3-7-11-17/h2-11,18-19H,12-15H2,1H3,(H2,23,26)(H,24,27)(H,25,28). The van der Waals surface area contributed by atoms with Crippen molar-refractivity contribution in [2.45, 2.75) is 31.5 Å². The predicted molar refractivity (Wildman–Crippen MR) is 118 cm³/mol. The van der Waals surface area contributed by atoms with E-state index in [4.69, 9.17) is 10.5 Å². The molecule has 0 aliphatic carbocycles. The Kier molecular flexibility index (Phi) is 9.73. The zero-order valence-corrected chi connectivity index (χ0v) is 17.7. The van der Waals surface area contributed by atoms with Crippen LogP contribution in [0, 0.1) is 0 Å². The molecule has 0 aliphatic heterocycles. The Hall–Kier alpha value is -3.00. The lowest BCUT2D eigenvalue weighted by molar-refractivity contribution is -0.128. The number of alkyl carbamates (subject to hydrolysis) is 1. The van der Waals surface area contributed by atoms with Crippen molar-refractivity contribution in [2.75, 3.05) is 12.0 Å². The molecule has 2 aromatic rings. The van der Waals surface area contributed by atoms with Crippen LogP contribution in [0.25, 0.3) is 0 Å². The molecule has 0 saturated carbocycles. The average molecular weight is 430 g/mol. The van der Waals surface area contributed by atoms with Crippen molar-refractivity contribution in [3.63, 3.8) is 0 Å². The van der Waals surface area contributed by atoms with E-state index in [9.17, 15) is 14.4 Å². The van der Waals surface area contributed by atoms with Crippen molar-refractivity contribution in [1.82, 2.24) is 10.6 Å². The van der Waals surface area contributed by atoms with Crippen LogP contribution >= 0.6 is 11.8 Å². The van der Waals surface area contributed by atoms with Gasteiger partial charge in [-0.2, -0.15) is 11.8 Å². The van der Waals surface area contributed by atoms with Gasteiger partial charge >= 0.3 is 6.09 Å². The van der Waals surface area contributed by atoms with Crippen molar-refractivity contribution >= 4 is 29.7 Å². The molecule has 8 heteroatoms. The van der Waals surface area contributed by atoms with Gasteiger partial charge < -0.3 is 21.1 Å². The highest BCUT2D eigenvalue weighted by molar-refractivity contribution is 7.98. The molecular formula is C22H27N3O4S. The molecule has 2 aromatic carbocycles. The van der Waals surface area contributed by atoms with Crippen LogP contribution in [0.4, 0.5) is 4.79 Å². The summed E-state index contributed by atoms with van der Waals surface area (Å²) in [7, 11) is 0. The van der Waals surface area contributed by atoms with Gasteiger partial charge in [0.05, 0.1) is 0 Å². The van der Waals surface area contributed by atoms with E-state index in [1.165, 1.54) is 0 Å². The average Bonchev–Trinajstić information content (AvgIpc) is 2.76. The third-order valence-corrected chi connectivity index (χ3v) is 5.02. The molecule has 0 aromatic heterocycles. The van der Waals surface area contributed by atoms with Crippen LogP contribution in [0.1, 0.15) is 17.5 Å². The number of carbonyl (C=O) groups is 3. The fraction of sp³-hybridized carbons (Fsp3) is 0.318. The SMILES string of the molecule is CSCCC(NC(=O)C(Cc1ccccc1)NC(=O)OCc1ccccc1)C(N)=O. The maximum absolute atomic E-state index is 12.8. The first-order valence-electron chi connectivity index (χ1n) is 9.59. The molecule has 0 bridgehead atoms. The number of amides is 3. The van der Waals surface area contributed by atoms with Gasteiger partial charge in [0.1, 0.15) is 18.7 Å². The maximum atomic E-state index is 12.8. The summed E-state index contributed by atoms with van der Waals surface area (Å²) in [4.78, 5) is 36.8. The summed E-state index contributed by atoms with van der Waals surface area (Å²) < 4.78 is 5.24. The number of nitrogens with two attached hydrogens (primary N) is 1. The lowest BCUT2D eigenvalue weighted by Gasteiger charge is -2.22. The Balaban J connectivity index is 2.04. The van der Waals surface area contributed by atoms with E-state index in [1.807, 2.05) is 66.9 Å². The number of primary amides is 1. The van der Waals surface area contributed by atoms with Gasteiger partial charge in [0.25, 0.3) is 0 Å². The van der Waals surface area contributed by atoms with E-state index in [-0.39, 0.29) is 13.0 Å². The molecular weight excluding hydrogens is 402 g/mol. The van der Waals surface area contributed by atoms with Crippen molar-refractivity contribution in [1.29, 1.82) is 0 Å². The van der Waals surface area contributed by atoms with Gasteiger partial charge in [-0.15, -0.1) is 0 Å². The molecule has 0 heterocycles. The van der Waals surface area contributed by atoms with E-state index in [0.29, 0.717) is 12.2 Å². The van der Waals surface area contributed by atoms with Crippen LogP contribution in [0.5, 0.6) is 0 Å². The summed E-state index contributed by atoms with van der Waals surface area (Å²) in [5, 5.41) is 5.26. The zero-order valence-electron chi connectivity index (χ0n) is 16.9. The molecule has 2 atom stereocenters. The number of thioether (sulfide) groups is 1. The van der Waals surface area contributed by atoms with E-state index >= 15 is 0 Å². The number of ether oxygens (including phenoxy) is 1. The summed E-state index contributed by atoms with van der Waals surface area (Å²) in [6, 6.07) is 16.8. The molecule has 0 radical (unpaired) electrons. The molecule has 30 heavy (non-hydrogen) atoms. The smallest absolute Gasteiger partial charge is 0.408 e. The van der Waals surface area contributed by atoms with Crippen LogP contribution in [-0.4, -0.2) is 42.0 Å². The second-order valence-electron chi connectivity index (χ2n) is 6.69. The van der Waals surface area contributed by atoms with Crippen molar-refractivity contribution in [3.8, 4) is 0 Å². The summed E-state index contributed by atoms with van der Waals surface area (Å²) in [6.45, 7) is 0.0873. The fourth-order valence-electron chi connectivity index (χ4n) is 2.76. The highest BCUT2D eigenvalue weighted by atomic mass is 32.2. The third-order valence-electron chi connectivity index (χ3n) is 4.37. The molecule has 4 N–H and O–H groups in total. The van der Waals surface area contributed by atoms with Gasteiger partial charge in [-0.05, 0) is 29.6 Å². The zero-order chi connectivity index (χ0) is 21.8. The summed E-state index contributed by atoms with van der Waals surface area (Å²) >= 11 is 1.55. The topological polar surface area (TPSA) is 111 Å². The lowest BCUT2D eigenvalue weighted by atomic mass is 10.0. The van der Waals surface area contributed by atoms with Crippen LogP contribution in [0.2, 0.25) is 0 Å². The summed E-state index contributed by atoms with van der Waals surface area (Å²) in [5.41, 5.74) is 7.11. The first-order chi connectivity index (χ1) is 14.5. The highest BCUT2D eigenvalue weighted by Gasteiger charge is 2.26. The highest BCUT2D eigenvalue weighted by Crippen LogP contribution is 2.07. The van der Waals surface area contributed by atoms with E-state index < -0.39 is 30.0 Å². The van der Waals surface area contributed by atoms with E-state index in [2.05, 4.69) is 10.6 Å². The number of hydrogen-bond donors (Lipinski definition) is 3. The molecule has 160 valence electrons. The van der Waals surface area contributed by atoms with Gasteiger partial charge in [-0.25, -0.2) is 4.79 Å². The first kappa shape index (κ1) is 23.3. The summed E-state index contributed by atoms with van der Waals surface area (Å²) in [6.07, 6.45) is 1.86. The molecule has 0 spiro atoms. The van der Waals surface area contributed by atoms with Gasteiger partial charge in [0, 0.05) is 6.42 Å². The normalized spacial score (nSPS) is 12.4. The Bertz CT molecular complexity index is 818. The van der Waals surface area contributed by atoms with Gasteiger partial charge in [0.2, 0.25) is 11.8 Å². The predicted octanol–water partition coefficient (Wildman–Crippen LogP) is 2.25. The number of nitrogens with one attached hydrogen (secondary N) is 2. The second kappa shape index (κ2) is 12.5. The fourth-order valence-corrected chi connectivity index (χ4v) is 3.23. The number of rotatable bonds is 11. The van der Waals surface area contributed by atoms with Crippen molar-refractivity contribution in [2.24, 2.45) is 5.73 Å². The van der Waals surface area contributed by atoms with Crippen LogP contribution in [0.15, 0.2) is 60.7 Å². The van der Waals surface area contributed by atoms with Gasteiger partial charge in [-0.3, -0.25) is 9.59 Å². The largest absolute Gasteiger partial charge is 0.445 e. The van der Waals surface area contributed by atoms with Gasteiger partial charge in [-0.1, -0.05) is 60.7 Å². The molecule has 2 rings (SSSR count). The van der Waals surface area contributed by atoms with Crippen LogP contribution in [0.3, 0.4) is 0 Å². The monoisotopic (exact) mass is 429 g/mol. The Morgan fingerprint density at radius 3 is 2.10 bits per heavy atom. The number of benzene rings is 2. The molecule has 0 saturated heterocycles. The third kappa shape index (κ3) is 8.16. The minimum atomic E-state index is -0.910. The minimum absolute atomic E-state index is 0.0873. The van der Waals surface area contributed by atoms with Crippen molar-refractivity contribution < 1.29 is 19.1 Å². The molecule has 7 nitrogen and oxygen atoms in total. The Morgan fingerprint density at radius 2 is 1.53 bits per heavy atom. The van der Waals surface area contributed by atoms with Crippen LogP contribution in [-0.2, 0) is 27.4 Å². The molecule has 0 aliphatic rings. The minimum Gasteiger partial charge on any atom is -0.445 e. The Morgan fingerprint density at radius 1 is 0.933 bits per heavy atom. The van der Waals surface area contributed by atoms with Crippen LogP contribution < -0.4 is 16.4 Å². The molecule has 2 unspecified atom stereocenters. The van der Waals surface area contributed by atoms with E-state index in [0.717, 1.165) is 11.1 Å².